The van der Waals surface area contributed by atoms with Gasteiger partial charge in [-0.05, 0) is 25.1 Å². The van der Waals surface area contributed by atoms with Gasteiger partial charge in [0, 0.05) is 5.69 Å². The number of carboxylic acids is 1. The van der Waals surface area contributed by atoms with Gasteiger partial charge in [-0.1, -0.05) is 6.07 Å². The molecule has 0 spiro atoms. The van der Waals surface area contributed by atoms with Gasteiger partial charge in [0.25, 0.3) is 0 Å². The summed E-state index contributed by atoms with van der Waals surface area (Å²) in [7, 11) is 0. The number of aryl methyl sites for hydroxylation is 1. The lowest BCUT2D eigenvalue weighted by atomic mass is 10.3. The number of anilines is 2. The van der Waals surface area contributed by atoms with E-state index in [0.717, 1.165) is 12.1 Å². The van der Waals surface area contributed by atoms with Crippen LogP contribution in [0, 0.1) is 18.6 Å². The summed E-state index contributed by atoms with van der Waals surface area (Å²) < 4.78 is 26.8. The summed E-state index contributed by atoms with van der Waals surface area (Å²) in [6.07, 6.45) is 0. The molecule has 2 rings (SSSR count). The maximum atomic E-state index is 13.4. The van der Waals surface area contributed by atoms with E-state index in [1.807, 2.05) is 0 Å². The topological polar surface area (TPSA) is 75.1 Å². The smallest absolute Gasteiger partial charge is 0.354 e. The maximum Gasteiger partial charge on any atom is 0.354 e. The molecule has 0 unspecified atom stereocenters. The molecule has 2 aromatic rings. The number of rotatable bonds is 3. The van der Waals surface area contributed by atoms with E-state index in [0.29, 0.717) is 5.69 Å². The number of aromatic carboxylic acids is 1. The van der Waals surface area contributed by atoms with Gasteiger partial charge in [0.2, 0.25) is 5.95 Å². The van der Waals surface area contributed by atoms with Gasteiger partial charge in [-0.3, -0.25) is 0 Å². The number of hydrogen-bond acceptors (Lipinski definition) is 4. The Bertz CT molecular complexity index is 627. The first-order valence-electron chi connectivity index (χ1n) is 5.27. The van der Waals surface area contributed by atoms with Crippen LogP contribution < -0.4 is 5.32 Å². The number of benzene rings is 1. The zero-order chi connectivity index (χ0) is 14.0. The predicted octanol–water partition coefficient (Wildman–Crippen LogP) is 2.51. The molecular formula is C12H9F2N3O2. The van der Waals surface area contributed by atoms with Gasteiger partial charge in [0.15, 0.2) is 5.69 Å². The third kappa shape index (κ3) is 2.82. The number of para-hydroxylation sites is 1. The zero-order valence-electron chi connectivity index (χ0n) is 9.82. The van der Waals surface area contributed by atoms with E-state index in [1.165, 1.54) is 12.1 Å². The van der Waals surface area contributed by atoms with Crippen molar-refractivity contribution < 1.29 is 18.7 Å². The average Bonchev–Trinajstić information content (AvgIpc) is 2.33. The Hall–Kier alpha value is -2.57. The molecular weight excluding hydrogens is 256 g/mol. The van der Waals surface area contributed by atoms with Gasteiger partial charge < -0.3 is 10.4 Å². The van der Waals surface area contributed by atoms with Gasteiger partial charge in [-0.25, -0.2) is 23.5 Å². The van der Waals surface area contributed by atoms with Crippen LogP contribution in [0.5, 0.6) is 0 Å². The number of nitrogens with one attached hydrogen (secondary N) is 1. The number of carbonyl (C=O) groups is 1. The van der Waals surface area contributed by atoms with Crippen molar-refractivity contribution in [2.75, 3.05) is 5.32 Å². The largest absolute Gasteiger partial charge is 0.477 e. The van der Waals surface area contributed by atoms with Crippen LogP contribution in [-0.4, -0.2) is 21.0 Å². The average molecular weight is 265 g/mol. The molecule has 0 saturated heterocycles. The summed E-state index contributed by atoms with van der Waals surface area (Å²) >= 11 is 0. The Morgan fingerprint density at radius 1 is 1.26 bits per heavy atom. The molecule has 1 aromatic heterocycles. The predicted molar refractivity (Wildman–Crippen MR) is 63.4 cm³/mol. The minimum Gasteiger partial charge on any atom is -0.477 e. The summed E-state index contributed by atoms with van der Waals surface area (Å²) in [5.74, 6) is -3.06. The lowest BCUT2D eigenvalue weighted by Crippen LogP contribution is -2.08. The van der Waals surface area contributed by atoms with Gasteiger partial charge >= 0.3 is 5.97 Å². The van der Waals surface area contributed by atoms with E-state index < -0.39 is 23.3 Å². The van der Waals surface area contributed by atoms with Crippen molar-refractivity contribution in [2.24, 2.45) is 0 Å². The van der Waals surface area contributed by atoms with Crippen molar-refractivity contribution in [3.63, 3.8) is 0 Å². The third-order valence-electron chi connectivity index (χ3n) is 2.27. The van der Waals surface area contributed by atoms with Crippen molar-refractivity contribution in [1.82, 2.24) is 9.97 Å². The molecule has 19 heavy (non-hydrogen) atoms. The standard InChI is InChI=1S/C12H9F2N3O2/c1-6-5-9(11(18)19)16-12(15-6)17-10-7(13)3-2-4-8(10)14/h2-5H,1H3,(H,18,19)(H,15,16,17). The van der Waals surface area contributed by atoms with Crippen LogP contribution >= 0.6 is 0 Å². The summed E-state index contributed by atoms with van der Waals surface area (Å²) in [5, 5.41) is 11.2. The van der Waals surface area contributed by atoms with Crippen molar-refractivity contribution in [2.45, 2.75) is 6.92 Å². The van der Waals surface area contributed by atoms with Gasteiger partial charge in [-0.2, -0.15) is 0 Å². The minimum absolute atomic E-state index is 0.179. The molecule has 0 amide bonds. The monoisotopic (exact) mass is 265 g/mol. The normalized spacial score (nSPS) is 10.3. The Kier molecular flexibility index (Phi) is 3.37. The SMILES string of the molecule is Cc1cc(C(=O)O)nc(Nc2c(F)cccc2F)n1. The highest BCUT2D eigenvalue weighted by Gasteiger charge is 2.13. The Balaban J connectivity index is 2.41. The maximum absolute atomic E-state index is 13.4. The fourth-order valence-electron chi connectivity index (χ4n) is 1.46. The molecule has 0 atom stereocenters. The lowest BCUT2D eigenvalue weighted by Gasteiger charge is -2.08. The summed E-state index contributed by atoms with van der Waals surface area (Å²) in [6, 6.07) is 4.61. The molecule has 5 nitrogen and oxygen atoms in total. The van der Waals surface area contributed by atoms with Crippen LogP contribution in [0.3, 0.4) is 0 Å². The fourth-order valence-corrected chi connectivity index (χ4v) is 1.46. The summed E-state index contributed by atoms with van der Waals surface area (Å²) in [4.78, 5) is 18.4. The van der Waals surface area contributed by atoms with Crippen molar-refractivity contribution in [1.29, 1.82) is 0 Å². The molecule has 0 radical (unpaired) electrons. The van der Waals surface area contributed by atoms with E-state index in [9.17, 15) is 13.6 Å². The molecule has 2 N–H and O–H groups in total. The summed E-state index contributed by atoms with van der Waals surface area (Å²) in [5.41, 5.74) is -0.317. The van der Waals surface area contributed by atoms with Crippen LogP contribution in [-0.2, 0) is 0 Å². The molecule has 0 fully saturated rings. The number of carboxylic acid groups (broad SMARTS) is 1. The molecule has 1 heterocycles. The van der Waals surface area contributed by atoms with Gasteiger partial charge in [0.1, 0.15) is 17.3 Å². The van der Waals surface area contributed by atoms with Crippen molar-refractivity contribution in [3.8, 4) is 0 Å². The number of nitrogens with zero attached hydrogens (tertiary/aromatic N) is 2. The summed E-state index contributed by atoms with van der Waals surface area (Å²) in [6.45, 7) is 1.55. The molecule has 0 bridgehead atoms. The number of aromatic nitrogens is 2. The fraction of sp³-hybridized carbons (Fsp3) is 0.0833. The molecule has 0 aliphatic heterocycles. The Labute approximate surface area is 106 Å². The molecule has 1 aromatic carbocycles. The van der Waals surface area contributed by atoms with Crippen LogP contribution in [0.25, 0.3) is 0 Å². The van der Waals surface area contributed by atoms with Crippen molar-refractivity contribution in [3.05, 3.63) is 47.3 Å². The third-order valence-corrected chi connectivity index (χ3v) is 2.27. The highest BCUT2D eigenvalue weighted by Crippen LogP contribution is 2.21. The second-order valence-corrected chi connectivity index (χ2v) is 3.74. The molecule has 0 aliphatic carbocycles. The highest BCUT2D eigenvalue weighted by molar-refractivity contribution is 5.85. The first-order chi connectivity index (χ1) is 8.97. The van der Waals surface area contributed by atoms with Crippen LogP contribution in [0.2, 0.25) is 0 Å². The first kappa shape index (κ1) is 12.9. The van der Waals surface area contributed by atoms with E-state index in [1.54, 1.807) is 6.92 Å². The van der Waals surface area contributed by atoms with Gasteiger partial charge in [-0.15, -0.1) is 0 Å². The molecule has 0 aliphatic rings. The Morgan fingerprint density at radius 3 is 2.47 bits per heavy atom. The number of hydrogen-bond donors (Lipinski definition) is 2. The van der Waals surface area contributed by atoms with Crippen LogP contribution in [0.1, 0.15) is 16.2 Å². The van der Waals surface area contributed by atoms with Crippen molar-refractivity contribution >= 4 is 17.6 Å². The van der Waals surface area contributed by atoms with E-state index in [4.69, 9.17) is 5.11 Å². The molecule has 0 saturated carbocycles. The van der Waals surface area contributed by atoms with E-state index in [-0.39, 0.29) is 11.6 Å². The van der Waals surface area contributed by atoms with Crippen LogP contribution in [0.15, 0.2) is 24.3 Å². The number of halogens is 2. The lowest BCUT2D eigenvalue weighted by molar-refractivity contribution is 0.0690. The highest BCUT2D eigenvalue weighted by atomic mass is 19.1. The van der Waals surface area contributed by atoms with E-state index in [2.05, 4.69) is 15.3 Å². The van der Waals surface area contributed by atoms with Gasteiger partial charge in [0.05, 0.1) is 0 Å². The zero-order valence-corrected chi connectivity index (χ0v) is 9.82. The molecule has 7 heteroatoms. The Morgan fingerprint density at radius 2 is 1.89 bits per heavy atom. The van der Waals surface area contributed by atoms with Crippen LogP contribution in [0.4, 0.5) is 20.4 Å². The quantitative estimate of drug-likeness (QED) is 0.891. The first-order valence-corrected chi connectivity index (χ1v) is 5.27. The van der Waals surface area contributed by atoms with E-state index >= 15 is 0 Å². The minimum atomic E-state index is -1.25. The second-order valence-electron chi connectivity index (χ2n) is 3.74. The second kappa shape index (κ2) is 4.97. The molecule has 98 valence electrons.